The van der Waals surface area contributed by atoms with Gasteiger partial charge in [-0.15, -0.1) is 0 Å². The summed E-state index contributed by atoms with van der Waals surface area (Å²) in [5.41, 5.74) is 1.78. The molecule has 1 aliphatic rings. The second-order valence-corrected chi connectivity index (χ2v) is 4.78. The summed E-state index contributed by atoms with van der Waals surface area (Å²) in [5.74, 6) is 1.27. The Balaban J connectivity index is 1.61. The van der Waals surface area contributed by atoms with Gasteiger partial charge in [-0.05, 0) is 23.8 Å². The number of hydrogen-bond donors (Lipinski definition) is 1. The molecule has 5 heteroatoms. The molecule has 1 N–H and O–H groups in total. The summed E-state index contributed by atoms with van der Waals surface area (Å²) in [7, 11) is 0. The van der Waals surface area contributed by atoms with Gasteiger partial charge in [0.1, 0.15) is 13.2 Å². The topological polar surface area (TPSA) is 60.5 Å². The Bertz CT molecular complexity index is 684. The first kappa shape index (κ1) is 14.1. The summed E-state index contributed by atoms with van der Waals surface area (Å²) in [5, 5.41) is 2.84. The van der Waals surface area contributed by atoms with Crippen molar-refractivity contribution in [2.75, 3.05) is 13.2 Å². The highest BCUT2D eigenvalue weighted by atomic mass is 16.6. The predicted molar refractivity (Wildman–Crippen MR) is 82.5 cm³/mol. The van der Waals surface area contributed by atoms with Crippen molar-refractivity contribution in [1.29, 1.82) is 0 Å². The molecule has 0 spiro atoms. The van der Waals surface area contributed by atoms with Crippen LogP contribution in [0.25, 0.3) is 6.08 Å². The Kier molecular flexibility index (Phi) is 4.34. The highest BCUT2D eigenvalue weighted by Crippen LogP contribution is 2.33. The van der Waals surface area contributed by atoms with Crippen LogP contribution in [-0.4, -0.2) is 24.1 Å². The lowest BCUT2D eigenvalue weighted by Gasteiger charge is -2.20. The maximum absolute atomic E-state index is 11.9. The summed E-state index contributed by atoms with van der Waals surface area (Å²) >= 11 is 0. The van der Waals surface area contributed by atoms with Crippen LogP contribution in [0.4, 0.5) is 0 Å². The molecule has 5 nitrogen and oxygen atoms in total. The van der Waals surface area contributed by atoms with E-state index in [0.717, 1.165) is 16.9 Å². The van der Waals surface area contributed by atoms with Crippen LogP contribution in [-0.2, 0) is 11.3 Å². The molecule has 0 aliphatic carbocycles. The number of rotatable bonds is 4. The van der Waals surface area contributed by atoms with Crippen molar-refractivity contribution in [2.24, 2.45) is 0 Å². The van der Waals surface area contributed by atoms with Crippen LogP contribution in [0.3, 0.4) is 0 Å². The minimum atomic E-state index is -0.168. The van der Waals surface area contributed by atoms with Gasteiger partial charge in [0.25, 0.3) is 0 Å². The fraction of sp³-hybridized carbons (Fsp3) is 0.176. The molecule has 2 heterocycles. The molecule has 1 amide bonds. The average Bonchev–Trinajstić information content (AvgIpc) is 2.59. The van der Waals surface area contributed by atoms with Crippen LogP contribution >= 0.6 is 0 Å². The van der Waals surface area contributed by atoms with Crippen molar-refractivity contribution in [3.05, 3.63) is 59.9 Å². The summed E-state index contributed by atoms with van der Waals surface area (Å²) in [6.45, 7) is 1.47. The Morgan fingerprint density at radius 1 is 1.23 bits per heavy atom. The molecule has 0 radical (unpaired) electrons. The first-order valence-electron chi connectivity index (χ1n) is 7.06. The molecule has 1 aromatic heterocycles. The summed E-state index contributed by atoms with van der Waals surface area (Å²) in [4.78, 5) is 15.9. The van der Waals surface area contributed by atoms with E-state index in [4.69, 9.17) is 9.47 Å². The third-order valence-corrected chi connectivity index (χ3v) is 3.21. The van der Waals surface area contributed by atoms with E-state index in [2.05, 4.69) is 10.3 Å². The maximum Gasteiger partial charge on any atom is 0.244 e. The summed E-state index contributed by atoms with van der Waals surface area (Å²) in [6, 6.07) is 9.38. The van der Waals surface area contributed by atoms with Crippen LogP contribution < -0.4 is 14.8 Å². The highest BCUT2D eigenvalue weighted by molar-refractivity contribution is 5.91. The van der Waals surface area contributed by atoms with Gasteiger partial charge < -0.3 is 14.8 Å². The summed E-state index contributed by atoms with van der Waals surface area (Å²) in [6.07, 6.45) is 6.60. The van der Waals surface area contributed by atoms with Gasteiger partial charge in [0.15, 0.2) is 11.5 Å². The smallest absolute Gasteiger partial charge is 0.244 e. The Hall–Kier alpha value is -2.82. The number of amides is 1. The van der Waals surface area contributed by atoms with E-state index in [1.54, 1.807) is 18.5 Å². The number of nitrogens with zero attached hydrogens (tertiary/aromatic N) is 1. The van der Waals surface area contributed by atoms with E-state index in [0.29, 0.717) is 25.5 Å². The highest BCUT2D eigenvalue weighted by Gasteiger charge is 2.15. The zero-order chi connectivity index (χ0) is 15.2. The van der Waals surface area contributed by atoms with E-state index < -0.39 is 0 Å². The van der Waals surface area contributed by atoms with Crippen molar-refractivity contribution in [3.8, 4) is 11.5 Å². The van der Waals surface area contributed by atoms with Gasteiger partial charge in [-0.25, -0.2) is 0 Å². The van der Waals surface area contributed by atoms with Crippen molar-refractivity contribution in [3.63, 3.8) is 0 Å². The fourth-order valence-corrected chi connectivity index (χ4v) is 2.16. The molecule has 22 heavy (non-hydrogen) atoms. The van der Waals surface area contributed by atoms with E-state index >= 15 is 0 Å². The SMILES string of the molecule is O=C(/C=C\c1cccnc1)NCc1cccc2c1OCCO2. The lowest BCUT2D eigenvalue weighted by Crippen LogP contribution is -2.22. The molecule has 0 fully saturated rings. The minimum absolute atomic E-state index is 0.168. The first-order valence-corrected chi connectivity index (χ1v) is 7.06. The van der Waals surface area contributed by atoms with Crippen LogP contribution in [0.2, 0.25) is 0 Å². The van der Waals surface area contributed by atoms with E-state index in [1.165, 1.54) is 6.08 Å². The number of fused-ring (bicyclic) bond motifs is 1. The molecule has 3 rings (SSSR count). The van der Waals surface area contributed by atoms with Gasteiger partial charge in [0, 0.05) is 30.6 Å². The molecule has 2 aromatic rings. The van der Waals surface area contributed by atoms with Gasteiger partial charge in [-0.1, -0.05) is 18.2 Å². The monoisotopic (exact) mass is 296 g/mol. The number of nitrogens with one attached hydrogen (secondary N) is 1. The number of carbonyl (C=O) groups excluding carboxylic acids is 1. The van der Waals surface area contributed by atoms with E-state index in [9.17, 15) is 4.79 Å². The number of benzene rings is 1. The van der Waals surface area contributed by atoms with Crippen molar-refractivity contribution in [2.45, 2.75) is 6.54 Å². The van der Waals surface area contributed by atoms with Gasteiger partial charge in [-0.3, -0.25) is 9.78 Å². The van der Waals surface area contributed by atoms with Gasteiger partial charge in [0.05, 0.1) is 0 Å². The summed E-state index contributed by atoms with van der Waals surface area (Å²) < 4.78 is 11.1. The molecule has 0 bridgehead atoms. The Morgan fingerprint density at radius 2 is 2.14 bits per heavy atom. The predicted octanol–water partition coefficient (Wildman–Crippen LogP) is 2.18. The van der Waals surface area contributed by atoms with Crippen molar-refractivity contribution in [1.82, 2.24) is 10.3 Å². The molecule has 112 valence electrons. The van der Waals surface area contributed by atoms with Crippen molar-refractivity contribution < 1.29 is 14.3 Å². The lowest BCUT2D eigenvalue weighted by molar-refractivity contribution is -0.116. The molecule has 0 saturated carbocycles. The quantitative estimate of drug-likeness (QED) is 0.879. The second-order valence-electron chi connectivity index (χ2n) is 4.78. The van der Waals surface area contributed by atoms with Crippen LogP contribution in [0.15, 0.2) is 48.8 Å². The van der Waals surface area contributed by atoms with Crippen LogP contribution in [0.1, 0.15) is 11.1 Å². The largest absolute Gasteiger partial charge is 0.486 e. The minimum Gasteiger partial charge on any atom is -0.486 e. The molecule has 1 aliphatic heterocycles. The second kappa shape index (κ2) is 6.76. The zero-order valence-corrected chi connectivity index (χ0v) is 12.0. The first-order chi connectivity index (χ1) is 10.8. The number of aromatic nitrogens is 1. The lowest BCUT2D eigenvalue weighted by atomic mass is 10.1. The molecule has 1 aromatic carbocycles. The normalized spacial score (nSPS) is 13.1. The van der Waals surface area contributed by atoms with Crippen LogP contribution in [0, 0.1) is 0 Å². The van der Waals surface area contributed by atoms with Gasteiger partial charge >= 0.3 is 0 Å². The van der Waals surface area contributed by atoms with Gasteiger partial charge in [0.2, 0.25) is 5.91 Å². The molecule has 0 atom stereocenters. The Morgan fingerprint density at radius 3 is 3.00 bits per heavy atom. The zero-order valence-electron chi connectivity index (χ0n) is 12.0. The van der Waals surface area contributed by atoms with E-state index in [1.807, 2.05) is 30.3 Å². The number of hydrogen-bond acceptors (Lipinski definition) is 4. The number of pyridine rings is 1. The van der Waals surface area contributed by atoms with Crippen molar-refractivity contribution >= 4 is 12.0 Å². The standard InChI is InChI=1S/C17H16N2O3/c20-16(7-6-13-3-2-8-18-11-13)19-12-14-4-1-5-15-17(14)22-10-9-21-15/h1-8,11H,9-10,12H2,(H,19,20)/b7-6-. The molecule has 0 saturated heterocycles. The van der Waals surface area contributed by atoms with E-state index in [-0.39, 0.29) is 5.91 Å². The third-order valence-electron chi connectivity index (χ3n) is 3.21. The Labute approximate surface area is 128 Å². The maximum atomic E-state index is 11.9. The number of ether oxygens (including phenoxy) is 2. The molecular formula is C17H16N2O3. The fourth-order valence-electron chi connectivity index (χ4n) is 2.16. The van der Waals surface area contributed by atoms with Gasteiger partial charge in [-0.2, -0.15) is 0 Å². The third kappa shape index (κ3) is 3.44. The average molecular weight is 296 g/mol. The molecule has 0 unspecified atom stereocenters. The van der Waals surface area contributed by atoms with Crippen LogP contribution in [0.5, 0.6) is 11.5 Å². The molecular weight excluding hydrogens is 280 g/mol. The number of carbonyl (C=O) groups is 1. The number of para-hydroxylation sites is 1.